The molecule has 2 spiro atoms. The maximum Gasteiger partial charge on any atom is 0.206 e. The Labute approximate surface area is 178 Å². The predicted octanol–water partition coefficient (Wildman–Crippen LogP) is 3.60. The number of ether oxygens (including phenoxy) is 4. The first kappa shape index (κ1) is 20.1. The quantitative estimate of drug-likeness (QED) is 0.605. The number of alkyl halides is 1. The van der Waals surface area contributed by atoms with Gasteiger partial charge in [-0.1, -0.05) is 32.4 Å². The fourth-order valence-corrected chi connectivity index (χ4v) is 8.86. The average molecular weight is 423 g/mol. The maximum absolute atomic E-state index is 15.7. The Morgan fingerprint density at radius 1 is 1.07 bits per heavy atom. The molecular formula is C24H35FO5. The first-order valence-corrected chi connectivity index (χ1v) is 11.9. The first-order chi connectivity index (χ1) is 14.3. The largest absolute Gasteiger partial charge is 0.393 e. The molecule has 0 aromatic heterocycles. The molecule has 2 heterocycles. The van der Waals surface area contributed by atoms with Crippen LogP contribution in [0.3, 0.4) is 0 Å². The van der Waals surface area contributed by atoms with Gasteiger partial charge in [0, 0.05) is 17.3 Å². The van der Waals surface area contributed by atoms with E-state index in [0.717, 1.165) is 25.7 Å². The van der Waals surface area contributed by atoms with Crippen LogP contribution in [0.5, 0.6) is 0 Å². The molecule has 1 N–H and O–H groups in total. The minimum absolute atomic E-state index is 0.0689. The van der Waals surface area contributed by atoms with Crippen molar-refractivity contribution in [1.29, 1.82) is 0 Å². The average Bonchev–Trinajstić information content (AvgIpc) is 3.44. The molecule has 8 atom stereocenters. The van der Waals surface area contributed by atoms with Crippen LogP contribution in [0.2, 0.25) is 0 Å². The SMILES string of the molecule is CC1C2(OCCO2)C2C(CC=C3C[C@@H](O)CC[C@@]32C)C2C[C@@H](F)C3(OCCO3)[C@]21C. The van der Waals surface area contributed by atoms with Crippen molar-refractivity contribution >= 4 is 0 Å². The van der Waals surface area contributed by atoms with Gasteiger partial charge in [-0.05, 0) is 49.4 Å². The molecular weight excluding hydrogens is 387 g/mol. The molecule has 5 nitrogen and oxygen atoms in total. The number of allylic oxidation sites excluding steroid dienone is 1. The smallest absolute Gasteiger partial charge is 0.206 e. The van der Waals surface area contributed by atoms with Gasteiger partial charge in [0.05, 0.1) is 32.5 Å². The summed E-state index contributed by atoms with van der Waals surface area (Å²) in [5, 5.41) is 10.3. The number of hydrogen-bond donors (Lipinski definition) is 1. The number of hydrogen-bond acceptors (Lipinski definition) is 5. The normalized spacial score (nSPS) is 53.4. The summed E-state index contributed by atoms with van der Waals surface area (Å²) < 4.78 is 41.1. The highest BCUT2D eigenvalue weighted by Gasteiger charge is 2.79. The Kier molecular flexibility index (Phi) is 4.21. The monoisotopic (exact) mass is 422 g/mol. The van der Waals surface area contributed by atoms with E-state index in [9.17, 15) is 5.11 Å². The van der Waals surface area contributed by atoms with Gasteiger partial charge in [-0.25, -0.2) is 4.39 Å². The third-order valence-electron chi connectivity index (χ3n) is 10.2. The van der Waals surface area contributed by atoms with Gasteiger partial charge in [0.25, 0.3) is 0 Å². The summed E-state index contributed by atoms with van der Waals surface area (Å²) in [5.74, 6) is -1.49. The van der Waals surface area contributed by atoms with Crippen LogP contribution in [-0.4, -0.2) is 55.4 Å². The second kappa shape index (κ2) is 6.28. The van der Waals surface area contributed by atoms with Crippen LogP contribution in [0.1, 0.15) is 52.9 Å². The molecule has 4 aliphatic carbocycles. The van der Waals surface area contributed by atoms with Gasteiger partial charge in [0.15, 0.2) is 12.0 Å². The molecule has 6 aliphatic rings. The van der Waals surface area contributed by atoms with Crippen molar-refractivity contribution in [2.45, 2.75) is 76.7 Å². The zero-order chi connectivity index (χ0) is 20.9. The number of aliphatic hydroxyl groups is 1. The number of aliphatic hydroxyl groups excluding tert-OH is 1. The lowest BCUT2D eigenvalue weighted by molar-refractivity contribution is -0.360. The summed E-state index contributed by atoms with van der Waals surface area (Å²) in [7, 11) is 0. The summed E-state index contributed by atoms with van der Waals surface area (Å²) in [6.45, 7) is 8.71. The second-order valence-electron chi connectivity index (χ2n) is 11.0. The lowest BCUT2D eigenvalue weighted by atomic mass is 9.43. The van der Waals surface area contributed by atoms with Crippen LogP contribution in [0.15, 0.2) is 11.6 Å². The molecule has 0 amide bonds. The van der Waals surface area contributed by atoms with E-state index in [1.807, 2.05) is 0 Å². The lowest BCUT2D eigenvalue weighted by Gasteiger charge is -2.66. The third kappa shape index (κ3) is 2.11. The minimum atomic E-state index is -1.20. The zero-order valence-corrected chi connectivity index (χ0v) is 18.4. The fraction of sp³-hybridized carbons (Fsp3) is 0.917. The van der Waals surface area contributed by atoms with Gasteiger partial charge in [0.1, 0.15) is 0 Å². The van der Waals surface area contributed by atoms with Crippen LogP contribution in [0.25, 0.3) is 0 Å². The van der Waals surface area contributed by atoms with Crippen LogP contribution < -0.4 is 0 Å². The van der Waals surface area contributed by atoms with Crippen LogP contribution >= 0.6 is 0 Å². The predicted molar refractivity (Wildman–Crippen MR) is 107 cm³/mol. The van der Waals surface area contributed by atoms with Gasteiger partial charge in [0.2, 0.25) is 5.79 Å². The molecule has 5 fully saturated rings. The number of rotatable bonds is 0. The van der Waals surface area contributed by atoms with E-state index in [-0.39, 0.29) is 35.2 Å². The Morgan fingerprint density at radius 2 is 1.73 bits per heavy atom. The highest BCUT2D eigenvalue weighted by Crippen LogP contribution is 2.74. The highest BCUT2D eigenvalue weighted by molar-refractivity contribution is 5.30. The standard InChI is InChI=1S/C24H35FO5/c1-14-22(3)18(13-19(25)24(22)29-10-11-30-24)17-5-4-15-12-16(26)6-7-21(15,2)20(17)23(14)27-8-9-28-23/h4,14,16-20,26H,5-13H2,1-3H3/t14?,16-,17?,18?,19+,20?,21-,22-/m0/s1. The topological polar surface area (TPSA) is 57.2 Å². The molecule has 2 saturated heterocycles. The van der Waals surface area contributed by atoms with E-state index < -0.39 is 23.2 Å². The Hall–Kier alpha value is -0.530. The molecule has 30 heavy (non-hydrogen) atoms. The maximum atomic E-state index is 15.7. The van der Waals surface area contributed by atoms with Crippen molar-refractivity contribution in [3.63, 3.8) is 0 Å². The van der Waals surface area contributed by atoms with Gasteiger partial charge < -0.3 is 24.1 Å². The first-order valence-electron chi connectivity index (χ1n) is 11.9. The van der Waals surface area contributed by atoms with E-state index >= 15 is 4.39 Å². The summed E-state index contributed by atoms with van der Waals surface area (Å²) in [4.78, 5) is 0. The van der Waals surface area contributed by atoms with Crippen LogP contribution in [0.4, 0.5) is 4.39 Å². The second-order valence-corrected chi connectivity index (χ2v) is 11.0. The van der Waals surface area contributed by atoms with Crippen molar-refractivity contribution in [2.75, 3.05) is 26.4 Å². The molecule has 6 heteroatoms. The van der Waals surface area contributed by atoms with Crippen molar-refractivity contribution in [2.24, 2.45) is 34.5 Å². The number of fused-ring (bicyclic) bond motifs is 7. The van der Waals surface area contributed by atoms with Gasteiger partial charge in [-0.2, -0.15) is 0 Å². The minimum Gasteiger partial charge on any atom is -0.393 e. The van der Waals surface area contributed by atoms with Gasteiger partial charge >= 0.3 is 0 Å². The van der Waals surface area contributed by atoms with Crippen LogP contribution in [0, 0.1) is 34.5 Å². The molecule has 0 bridgehead atoms. The zero-order valence-electron chi connectivity index (χ0n) is 18.4. The molecule has 4 unspecified atom stereocenters. The van der Waals surface area contributed by atoms with E-state index in [1.165, 1.54) is 5.57 Å². The van der Waals surface area contributed by atoms with Crippen molar-refractivity contribution in [3.8, 4) is 0 Å². The van der Waals surface area contributed by atoms with Gasteiger partial charge in [-0.15, -0.1) is 0 Å². The third-order valence-corrected chi connectivity index (χ3v) is 10.2. The van der Waals surface area contributed by atoms with Crippen molar-refractivity contribution in [3.05, 3.63) is 11.6 Å². The Bertz CT molecular complexity index is 757. The molecule has 0 aromatic carbocycles. The molecule has 168 valence electrons. The van der Waals surface area contributed by atoms with Crippen molar-refractivity contribution in [1.82, 2.24) is 0 Å². The molecule has 3 saturated carbocycles. The highest BCUT2D eigenvalue weighted by atomic mass is 19.1. The Morgan fingerprint density at radius 3 is 2.43 bits per heavy atom. The molecule has 0 radical (unpaired) electrons. The fourth-order valence-electron chi connectivity index (χ4n) is 8.86. The summed E-state index contributed by atoms with van der Waals surface area (Å²) in [6, 6.07) is 0. The molecule has 6 rings (SSSR count). The van der Waals surface area contributed by atoms with E-state index in [0.29, 0.717) is 32.8 Å². The summed E-state index contributed by atoms with van der Waals surface area (Å²) >= 11 is 0. The summed E-state index contributed by atoms with van der Waals surface area (Å²) in [6.07, 6.45) is 4.74. The van der Waals surface area contributed by atoms with Gasteiger partial charge in [-0.3, -0.25) is 0 Å². The molecule has 0 aromatic rings. The summed E-state index contributed by atoms with van der Waals surface area (Å²) in [5.41, 5.74) is 0.723. The number of halogens is 1. The van der Waals surface area contributed by atoms with E-state index in [4.69, 9.17) is 18.9 Å². The lowest BCUT2D eigenvalue weighted by Crippen LogP contribution is -2.70. The van der Waals surface area contributed by atoms with E-state index in [2.05, 4.69) is 26.8 Å². The Balaban J connectivity index is 1.53. The van der Waals surface area contributed by atoms with Crippen LogP contribution in [-0.2, 0) is 18.9 Å². The van der Waals surface area contributed by atoms with Crippen molar-refractivity contribution < 1.29 is 28.4 Å². The molecule has 2 aliphatic heterocycles. The van der Waals surface area contributed by atoms with E-state index in [1.54, 1.807) is 0 Å².